The van der Waals surface area contributed by atoms with Crippen molar-refractivity contribution < 1.29 is 9.84 Å². The maximum Gasteiger partial charge on any atom is 0.259 e. The van der Waals surface area contributed by atoms with Gasteiger partial charge in [0.1, 0.15) is 10.8 Å². The van der Waals surface area contributed by atoms with Crippen LogP contribution in [0.15, 0.2) is 53.6 Å². The molecule has 9 nitrogen and oxygen atoms in total. The van der Waals surface area contributed by atoms with E-state index in [9.17, 15) is 9.90 Å². The molecule has 5 rings (SSSR count). The summed E-state index contributed by atoms with van der Waals surface area (Å²) in [6.45, 7) is 2.84. The number of nitrogens with zero attached hydrogens (tertiary/aromatic N) is 5. The predicted octanol–water partition coefficient (Wildman–Crippen LogP) is 3.96. The lowest BCUT2D eigenvalue weighted by atomic mass is 9.98. The van der Waals surface area contributed by atoms with Crippen molar-refractivity contribution in [2.24, 2.45) is 7.05 Å². The number of benzene rings is 1. The fraction of sp³-hybridized carbons (Fsp3) is 0.259. The SMILES string of the molecule is COc1cc(-c2nc(Cl)ccc2NCCc2cc(C)cc3c(=O)n(C)c4c(cnn4CCO)c23)ccn1. The monoisotopic (exact) mass is 518 g/mol. The summed E-state index contributed by atoms with van der Waals surface area (Å²) in [5.41, 5.74) is 5.02. The van der Waals surface area contributed by atoms with Crippen LogP contribution < -0.4 is 15.6 Å². The zero-order valence-electron chi connectivity index (χ0n) is 20.8. The van der Waals surface area contributed by atoms with Crippen LogP contribution in [0.3, 0.4) is 0 Å². The number of hydrogen-bond acceptors (Lipinski definition) is 7. The Labute approximate surface area is 218 Å². The summed E-state index contributed by atoms with van der Waals surface area (Å²) in [6.07, 6.45) is 4.10. The fourth-order valence-corrected chi connectivity index (χ4v) is 4.94. The number of halogens is 1. The lowest BCUT2D eigenvalue weighted by molar-refractivity contribution is 0.271. The van der Waals surface area contributed by atoms with E-state index in [0.717, 1.165) is 33.2 Å². The Balaban J connectivity index is 1.52. The number of nitrogens with one attached hydrogen (secondary N) is 1. The van der Waals surface area contributed by atoms with E-state index in [0.29, 0.717) is 47.3 Å². The number of pyridine rings is 3. The molecule has 2 N–H and O–H groups in total. The van der Waals surface area contributed by atoms with Crippen molar-refractivity contribution in [2.75, 3.05) is 25.6 Å². The van der Waals surface area contributed by atoms with Crippen LogP contribution in [0, 0.1) is 6.92 Å². The van der Waals surface area contributed by atoms with E-state index in [4.69, 9.17) is 16.3 Å². The second kappa shape index (κ2) is 10.2. The van der Waals surface area contributed by atoms with E-state index >= 15 is 0 Å². The molecule has 4 heterocycles. The number of aliphatic hydroxyl groups is 1. The Morgan fingerprint density at radius 2 is 2.00 bits per heavy atom. The van der Waals surface area contributed by atoms with Crippen LogP contribution in [0.2, 0.25) is 5.15 Å². The predicted molar refractivity (Wildman–Crippen MR) is 146 cm³/mol. The first-order chi connectivity index (χ1) is 17.9. The first kappa shape index (κ1) is 24.7. The lowest BCUT2D eigenvalue weighted by Crippen LogP contribution is -2.21. The standard InChI is InChI=1S/C27H27ClN6O3/c1-16-12-17(24-19(13-16)27(36)33(2)26-20(24)15-31-34(26)10-11-35)6-8-29-21-4-5-22(28)32-25(21)18-7-9-30-23(14-18)37-3/h4-5,7,9,12-15,29,35H,6,8,10-11H2,1-3H3. The van der Waals surface area contributed by atoms with E-state index in [-0.39, 0.29) is 12.2 Å². The third-order valence-corrected chi connectivity index (χ3v) is 6.61. The lowest BCUT2D eigenvalue weighted by Gasteiger charge is -2.15. The highest BCUT2D eigenvalue weighted by Crippen LogP contribution is 2.30. The molecular formula is C27H27ClN6O3. The number of aromatic nitrogens is 5. The van der Waals surface area contributed by atoms with Crippen molar-refractivity contribution in [2.45, 2.75) is 19.9 Å². The van der Waals surface area contributed by atoms with Crippen LogP contribution in [0.4, 0.5) is 5.69 Å². The number of aryl methyl sites for hydroxylation is 2. The molecule has 0 saturated heterocycles. The molecule has 0 aliphatic heterocycles. The van der Waals surface area contributed by atoms with Gasteiger partial charge in [0.25, 0.3) is 5.56 Å². The van der Waals surface area contributed by atoms with Gasteiger partial charge >= 0.3 is 0 Å². The van der Waals surface area contributed by atoms with Crippen LogP contribution in [0.5, 0.6) is 5.88 Å². The van der Waals surface area contributed by atoms with Gasteiger partial charge in [-0.2, -0.15) is 5.10 Å². The first-order valence-electron chi connectivity index (χ1n) is 11.9. The summed E-state index contributed by atoms with van der Waals surface area (Å²) in [5, 5.41) is 20.2. The molecule has 0 spiro atoms. The number of rotatable bonds is 8. The normalized spacial score (nSPS) is 11.4. The van der Waals surface area contributed by atoms with Gasteiger partial charge in [0.15, 0.2) is 0 Å². The highest BCUT2D eigenvalue weighted by atomic mass is 35.5. The average Bonchev–Trinajstić information content (AvgIpc) is 3.31. The average molecular weight is 519 g/mol. The Kier molecular flexibility index (Phi) is 6.82. The maximum atomic E-state index is 13.3. The zero-order valence-corrected chi connectivity index (χ0v) is 21.6. The van der Waals surface area contributed by atoms with E-state index in [2.05, 4.69) is 26.4 Å². The number of anilines is 1. The van der Waals surface area contributed by atoms with Gasteiger partial charge in [0.2, 0.25) is 5.88 Å². The van der Waals surface area contributed by atoms with Crippen LogP contribution in [0.25, 0.3) is 33.1 Å². The third kappa shape index (κ3) is 4.63. The van der Waals surface area contributed by atoms with Crippen LogP contribution in [-0.4, -0.2) is 49.7 Å². The molecule has 0 amide bonds. The second-order valence-electron chi connectivity index (χ2n) is 8.83. The minimum Gasteiger partial charge on any atom is -0.481 e. The van der Waals surface area contributed by atoms with Gasteiger partial charge in [-0.15, -0.1) is 0 Å². The van der Waals surface area contributed by atoms with Crippen molar-refractivity contribution in [3.05, 3.63) is 75.4 Å². The quantitative estimate of drug-likeness (QED) is 0.299. The molecule has 190 valence electrons. The molecule has 0 saturated carbocycles. The Morgan fingerprint density at radius 1 is 1.16 bits per heavy atom. The van der Waals surface area contributed by atoms with Crippen molar-refractivity contribution in [3.63, 3.8) is 0 Å². The summed E-state index contributed by atoms with van der Waals surface area (Å²) in [4.78, 5) is 22.0. The topological polar surface area (TPSA) is 107 Å². The molecule has 0 atom stereocenters. The van der Waals surface area contributed by atoms with Gasteiger partial charge in [-0.3, -0.25) is 9.36 Å². The van der Waals surface area contributed by atoms with Gasteiger partial charge in [-0.1, -0.05) is 23.2 Å². The molecule has 10 heteroatoms. The molecule has 37 heavy (non-hydrogen) atoms. The number of hydrogen-bond donors (Lipinski definition) is 2. The highest BCUT2D eigenvalue weighted by molar-refractivity contribution is 6.29. The first-order valence-corrected chi connectivity index (χ1v) is 12.3. The fourth-order valence-electron chi connectivity index (χ4n) is 4.79. The second-order valence-corrected chi connectivity index (χ2v) is 9.22. The minimum absolute atomic E-state index is 0.0610. The molecular weight excluding hydrogens is 492 g/mol. The van der Waals surface area contributed by atoms with Gasteiger partial charge in [-0.25, -0.2) is 14.6 Å². The van der Waals surface area contributed by atoms with Crippen molar-refractivity contribution >= 4 is 39.1 Å². The van der Waals surface area contributed by atoms with Crippen molar-refractivity contribution in [1.29, 1.82) is 0 Å². The Morgan fingerprint density at radius 3 is 2.78 bits per heavy atom. The number of ether oxygens (including phenoxy) is 1. The molecule has 0 fully saturated rings. The highest BCUT2D eigenvalue weighted by Gasteiger charge is 2.17. The summed E-state index contributed by atoms with van der Waals surface area (Å²) in [7, 11) is 3.31. The molecule has 0 aliphatic carbocycles. The van der Waals surface area contributed by atoms with E-state index in [1.54, 1.807) is 41.9 Å². The Hall–Kier alpha value is -3.95. The number of aliphatic hydroxyl groups excluding tert-OH is 1. The summed E-state index contributed by atoms with van der Waals surface area (Å²) >= 11 is 6.22. The molecule has 0 radical (unpaired) electrons. The number of methoxy groups -OCH3 is 1. The maximum absolute atomic E-state index is 13.3. The third-order valence-electron chi connectivity index (χ3n) is 6.40. The number of fused-ring (bicyclic) bond motifs is 3. The molecule has 0 aliphatic rings. The van der Waals surface area contributed by atoms with Gasteiger partial charge < -0.3 is 15.2 Å². The summed E-state index contributed by atoms with van der Waals surface area (Å²) in [5.74, 6) is 0.490. The van der Waals surface area contributed by atoms with Crippen LogP contribution in [0.1, 0.15) is 11.1 Å². The van der Waals surface area contributed by atoms with Gasteiger partial charge in [-0.05, 0) is 43.2 Å². The van der Waals surface area contributed by atoms with E-state index in [1.807, 2.05) is 31.2 Å². The molecule has 0 bridgehead atoms. The summed E-state index contributed by atoms with van der Waals surface area (Å²) < 4.78 is 8.55. The molecule has 1 aromatic carbocycles. The van der Waals surface area contributed by atoms with Crippen LogP contribution in [-0.2, 0) is 20.0 Å². The van der Waals surface area contributed by atoms with E-state index < -0.39 is 0 Å². The van der Waals surface area contributed by atoms with Gasteiger partial charge in [0, 0.05) is 47.6 Å². The smallest absolute Gasteiger partial charge is 0.259 e. The van der Waals surface area contributed by atoms with Crippen LogP contribution >= 0.6 is 11.6 Å². The van der Waals surface area contributed by atoms with Crippen molar-refractivity contribution in [3.8, 4) is 17.1 Å². The van der Waals surface area contributed by atoms with E-state index in [1.165, 1.54) is 0 Å². The molecule has 4 aromatic heterocycles. The minimum atomic E-state index is -0.0871. The largest absolute Gasteiger partial charge is 0.481 e. The molecule has 5 aromatic rings. The zero-order chi connectivity index (χ0) is 26.1. The van der Waals surface area contributed by atoms with Crippen molar-refractivity contribution in [1.82, 2.24) is 24.3 Å². The Bertz CT molecular complexity index is 1680. The summed E-state index contributed by atoms with van der Waals surface area (Å²) in [6, 6.07) is 11.4. The molecule has 0 unspecified atom stereocenters. The van der Waals surface area contributed by atoms with Gasteiger partial charge in [0.05, 0.1) is 37.8 Å².